The number of fused-ring (bicyclic) bond motifs is 7. The number of nitrogens with one attached hydrogen (secondary N) is 1. The molecular weight excluding hydrogens is 824 g/mol. The van der Waals surface area contributed by atoms with Crippen LogP contribution in [0.4, 0.5) is 42.4 Å². The maximum Gasteiger partial charge on any atom is 0.415 e. The number of carbonyl (C=O) groups is 2. The molecule has 4 saturated heterocycles. The summed E-state index contributed by atoms with van der Waals surface area (Å²) in [4.78, 5) is 44.4. The van der Waals surface area contributed by atoms with Crippen LogP contribution in [0.3, 0.4) is 0 Å². The van der Waals surface area contributed by atoms with Gasteiger partial charge in [0.25, 0.3) is 0 Å². The number of benzene rings is 1. The first-order valence-corrected chi connectivity index (χ1v) is 21.2. The van der Waals surface area contributed by atoms with E-state index in [1.807, 2.05) is 11.0 Å². The zero-order chi connectivity index (χ0) is 43.6. The molecule has 2 bridgehead atoms. The Labute approximate surface area is 352 Å². The fourth-order valence-corrected chi connectivity index (χ4v) is 11.0. The molecule has 0 aliphatic carbocycles. The van der Waals surface area contributed by atoms with Crippen LogP contribution in [0.25, 0.3) is 32.2 Å². The Kier molecular flexibility index (Phi) is 9.45. The summed E-state index contributed by atoms with van der Waals surface area (Å²) in [5.41, 5.74) is -3.18. The molecule has 5 aliphatic heterocycles. The predicted molar refractivity (Wildman–Crippen MR) is 216 cm³/mol. The Balaban J connectivity index is 1.21. The molecule has 8 heterocycles. The highest BCUT2D eigenvalue weighted by molar-refractivity contribution is 7.23. The molecule has 13 nitrogen and oxygen atoms in total. The van der Waals surface area contributed by atoms with Gasteiger partial charge in [-0.3, -0.25) is 10.2 Å². The van der Waals surface area contributed by atoms with Crippen molar-refractivity contribution >= 4 is 55.3 Å². The molecule has 2 amide bonds. The first-order chi connectivity index (χ1) is 28.6. The number of ether oxygens (including phenoxy) is 3. The van der Waals surface area contributed by atoms with Gasteiger partial charge < -0.3 is 19.1 Å². The molecule has 324 valence electrons. The molecule has 5 atom stereocenters. The summed E-state index contributed by atoms with van der Waals surface area (Å²) >= 11 is 0.766. The van der Waals surface area contributed by atoms with E-state index in [4.69, 9.17) is 24.2 Å². The minimum absolute atomic E-state index is 0.00180. The summed E-state index contributed by atoms with van der Waals surface area (Å²) in [5.74, 6) is -6.93. The summed E-state index contributed by atoms with van der Waals surface area (Å²) in [7, 11) is 0. The normalized spacial score (nSPS) is 27.2. The molecule has 0 unspecified atom stereocenters. The maximum absolute atomic E-state index is 17.8. The standard InChI is InChI=1S/C42H45F5N8O5S/c1-38(2,3)59-36(56)52-34-23(17-48)27-22(8-9-24(44)32(27)61-34)30-29(45)31-28-25(49-30)10-11-26-42(47)14-13-41(46,55(42)37(57)60-39(4,5)6)19-54(26)33(28)51-35(50-31)58-20-40-12-7-15-53(40)18-21(43)16-40/h8-9,21,26H,7,10-16,18-20H2,1-6H3,(H,52,56)/t21-,26+,40+,41-,42+/m1/s1. The molecule has 0 saturated carbocycles. The van der Waals surface area contributed by atoms with Crippen molar-refractivity contribution < 1.29 is 45.8 Å². The quantitative estimate of drug-likeness (QED) is 0.152. The number of aryl methyl sites for hydroxylation is 1. The van der Waals surface area contributed by atoms with Crippen molar-refractivity contribution in [2.75, 3.05) is 36.5 Å². The number of piperazine rings is 1. The molecule has 3 aromatic heterocycles. The summed E-state index contributed by atoms with van der Waals surface area (Å²) in [6.07, 6.45) is -2.15. The van der Waals surface area contributed by atoms with Crippen LogP contribution in [0.5, 0.6) is 6.01 Å². The zero-order valence-corrected chi connectivity index (χ0v) is 35.4. The van der Waals surface area contributed by atoms with Gasteiger partial charge in [0.1, 0.15) is 57.9 Å². The second-order valence-electron chi connectivity index (χ2n) is 18.7. The van der Waals surface area contributed by atoms with E-state index in [9.17, 15) is 19.2 Å². The highest BCUT2D eigenvalue weighted by Gasteiger charge is 2.69. The topological polar surface area (TPSA) is 146 Å². The molecule has 0 spiro atoms. The number of alkyl halides is 3. The number of rotatable bonds is 5. The molecule has 1 N–H and O–H groups in total. The van der Waals surface area contributed by atoms with E-state index in [2.05, 4.69) is 10.3 Å². The number of carbonyl (C=O) groups excluding carboxylic acids is 2. The number of nitriles is 1. The van der Waals surface area contributed by atoms with Crippen molar-refractivity contribution in [2.45, 2.75) is 127 Å². The van der Waals surface area contributed by atoms with Crippen LogP contribution in [0.15, 0.2) is 12.1 Å². The van der Waals surface area contributed by atoms with Crippen LogP contribution in [0.1, 0.15) is 91.3 Å². The second kappa shape index (κ2) is 14.0. The van der Waals surface area contributed by atoms with Gasteiger partial charge in [0.15, 0.2) is 5.82 Å². The van der Waals surface area contributed by atoms with Crippen LogP contribution in [-0.4, -0.2) is 104 Å². The lowest BCUT2D eigenvalue weighted by Gasteiger charge is -2.52. The van der Waals surface area contributed by atoms with Gasteiger partial charge in [0, 0.05) is 36.8 Å². The first kappa shape index (κ1) is 41.3. The molecule has 4 aromatic rings. The highest BCUT2D eigenvalue weighted by atomic mass is 32.1. The number of anilines is 2. The molecule has 4 fully saturated rings. The highest BCUT2D eigenvalue weighted by Crippen LogP contribution is 2.55. The average molecular weight is 869 g/mol. The Morgan fingerprint density at radius 3 is 2.51 bits per heavy atom. The molecule has 61 heavy (non-hydrogen) atoms. The number of nitrogens with zero attached hydrogens (tertiary/aromatic N) is 7. The number of pyridine rings is 1. The monoisotopic (exact) mass is 868 g/mol. The van der Waals surface area contributed by atoms with E-state index in [1.165, 1.54) is 11.0 Å². The van der Waals surface area contributed by atoms with Gasteiger partial charge in [-0.25, -0.2) is 41.4 Å². The predicted octanol–water partition coefficient (Wildman–Crippen LogP) is 8.86. The van der Waals surface area contributed by atoms with Crippen molar-refractivity contribution in [1.82, 2.24) is 24.8 Å². The fourth-order valence-electron chi connectivity index (χ4n) is 9.94. The van der Waals surface area contributed by atoms with Gasteiger partial charge in [-0.05, 0) is 85.9 Å². The molecule has 9 rings (SSSR count). The lowest BCUT2D eigenvalue weighted by atomic mass is 9.95. The van der Waals surface area contributed by atoms with Gasteiger partial charge >= 0.3 is 18.2 Å². The molecule has 5 aliphatic rings. The van der Waals surface area contributed by atoms with Crippen molar-refractivity contribution in [3.63, 3.8) is 0 Å². The van der Waals surface area contributed by atoms with Gasteiger partial charge in [-0.1, -0.05) is 0 Å². The summed E-state index contributed by atoms with van der Waals surface area (Å²) in [6, 6.07) is 2.86. The SMILES string of the molecule is CC(C)(C)OC(=O)Nc1sc2c(F)ccc(-c3nc4c5c(nc(OC[C@@]67CCCN6C[C@H](F)C7)nc5c3F)N3C[C@@]5(F)CC[C@@](F)([C@@H]3CC4)N5C(=O)OC(C)(C)C)c2c1C#N. The summed E-state index contributed by atoms with van der Waals surface area (Å²) < 4.78 is 99.9. The van der Waals surface area contributed by atoms with Crippen molar-refractivity contribution in [1.29, 1.82) is 5.26 Å². The van der Waals surface area contributed by atoms with E-state index >= 15 is 17.6 Å². The zero-order valence-electron chi connectivity index (χ0n) is 34.6. The van der Waals surface area contributed by atoms with Crippen LogP contribution in [0, 0.1) is 23.0 Å². The first-order valence-electron chi connectivity index (χ1n) is 20.4. The van der Waals surface area contributed by atoms with Crippen molar-refractivity contribution in [3.05, 3.63) is 35.0 Å². The van der Waals surface area contributed by atoms with Crippen molar-refractivity contribution in [3.8, 4) is 23.3 Å². The number of thiophene rings is 1. The largest absolute Gasteiger partial charge is 0.461 e. The van der Waals surface area contributed by atoms with Crippen LogP contribution in [0.2, 0.25) is 0 Å². The Morgan fingerprint density at radius 1 is 1.03 bits per heavy atom. The van der Waals surface area contributed by atoms with Gasteiger partial charge in [-0.15, -0.1) is 11.3 Å². The van der Waals surface area contributed by atoms with Gasteiger partial charge in [0.05, 0.1) is 39.5 Å². The van der Waals surface area contributed by atoms with Crippen LogP contribution in [-0.2, 0) is 15.9 Å². The Morgan fingerprint density at radius 2 is 1.79 bits per heavy atom. The molecule has 19 heteroatoms. The van der Waals surface area contributed by atoms with E-state index in [0.29, 0.717) is 17.9 Å². The molecule has 0 radical (unpaired) electrons. The van der Waals surface area contributed by atoms with Gasteiger partial charge in [-0.2, -0.15) is 15.2 Å². The number of aromatic nitrogens is 3. The third-order valence-corrected chi connectivity index (χ3v) is 13.4. The minimum atomic E-state index is -2.58. The van der Waals surface area contributed by atoms with E-state index in [0.717, 1.165) is 23.8 Å². The number of hydrogen-bond donors (Lipinski definition) is 1. The Bertz CT molecular complexity index is 2560. The third-order valence-electron chi connectivity index (χ3n) is 12.3. The van der Waals surface area contributed by atoms with Gasteiger partial charge in [0.2, 0.25) is 11.6 Å². The van der Waals surface area contributed by atoms with E-state index in [-0.39, 0.29) is 106 Å². The van der Waals surface area contributed by atoms with E-state index < -0.39 is 70.9 Å². The minimum Gasteiger partial charge on any atom is -0.461 e. The van der Waals surface area contributed by atoms with Crippen LogP contribution >= 0.6 is 11.3 Å². The van der Waals surface area contributed by atoms with E-state index in [1.54, 1.807) is 41.5 Å². The molecular formula is C42H45F5N8O5S. The lowest BCUT2D eigenvalue weighted by Crippen LogP contribution is -2.71. The number of amides is 2. The number of hydrogen-bond acceptors (Lipinski definition) is 12. The average Bonchev–Trinajstić information content (AvgIpc) is 3.83. The summed E-state index contributed by atoms with van der Waals surface area (Å²) in [6.45, 7) is 10.1. The lowest BCUT2D eigenvalue weighted by molar-refractivity contribution is -0.133. The third kappa shape index (κ3) is 6.75. The van der Waals surface area contributed by atoms with Crippen molar-refractivity contribution in [2.24, 2.45) is 0 Å². The smallest absolute Gasteiger partial charge is 0.415 e. The second-order valence-corrected chi connectivity index (χ2v) is 19.7. The maximum atomic E-state index is 17.8. The number of halogens is 5. The Hall–Kier alpha value is -5.09. The molecule has 1 aromatic carbocycles. The summed E-state index contributed by atoms with van der Waals surface area (Å²) in [5, 5.41) is 12.9. The van der Waals surface area contributed by atoms with Crippen LogP contribution < -0.4 is 15.0 Å². The fraction of sp³-hybridized carbons (Fsp3) is 0.571.